The van der Waals surface area contributed by atoms with Crippen molar-refractivity contribution in [2.75, 3.05) is 5.32 Å². The number of hydrogen-bond acceptors (Lipinski definition) is 3. The van der Waals surface area contributed by atoms with E-state index in [9.17, 15) is 14.4 Å². The predicted molar refractivity (Wildman–Crippen MR) is 87.2 cm³/mol. The lowest BCUT2D eigenvalue weighted by atomic mass is 10.1. The predicted octanol–water partition coefficient (Wildman–Crippen LogP) is 2.08. The van der Waals surface area contributed by atoms with Gasteiger partial charge in [0.2, 0.25) is 5.91 Å². The number of carbonyl (C=O) groups is 1. The van der Waals surface area contributed by atoms with Gasteiger partial charge in [0.1, 0.15) is 0 Å². The summed E-state index contributed by atoms with van der Waals surface area (Å²) in [4.78, 5) is 38.3. The molecule has 0 saturated heterocycles. The molecule has 1 aromatic heterocycles. The van der Waals surface area contributed by atoms with Crippen LogP contribution in [-0.4, -0.2) is 15.5 Å². The monoisotopic (exact) mass is 303 g/mol. The molecule has 0 aliphatic heterocycles. The summed E-state index contributed by atoms with van der Waals surface area (Å²) >= 11 is 0. The van der Waals surface area contributed by atoms with Gasteiger partial charge in [-0.3, -0.25) is 14.2 Å². The van der Waals surface area contributed by atoms with Crippen LogP contribution >= 0.6 is 0 Å². The van der Waals surface area contributed by atoms with Crippen LogP contribution in [0.4, 0.5) is 5.69 Å². The number of nitrogens with one attached hydrogen (secondary N) is 2. The smallest absolute Gasteiger partial charge is 0.326 e. The molecule has 1 heterocycles. The molecule has 1 aromatic carbocycles. The summed E-state index contributed by atoms with van der Waals surface area (Å²) in [6, 6.07) is 4.87. The van der Waals surface area contributed by atoms with E-state index in [0.29, 0.717) is 29.1 Å². The first-order valence-corrected chi connectivity index (χ1v) is 7.43. The lowest BCUT2D eigenvalue weighted by molar-refractivity contribution is -0.114. The summed E-state index contributed by atoms with van der Waals surface area (Å²) in [6.45, 7) is 6.01. The van der Waals surface area contributed by atoms with E-state index in [2.05, 4.69) is 24.1 Å². The van der Waals surface area contributed by atoms with Gasteiger partial charge in [-0.15, -0.1) is 0 Å². The summed E-state index contributed by atoms with van der Waals surface area (Å²) in [5.74, 6) is 0.322. The molecular weight excluding hydrogens is 282 g/mol. The average Bonchev–Trinajstić information content (AvgIpc) is 2.42. The highest BCUT2D eigenvalue weighted by molar-refractivity contribution is 5.91. The fourth-order valence-electron chi connectivity index (χ4n) is 2.39. The van der Waals surface area contributed by atoms with Gasteiger partial charge in [-0.1, -0.05) is 13.8 Å². The van der Waals surface area contributed by atoms with Crippen molar-refractivity contribution in [3.63, 3.8) is 0 Å². The molecule has 0 unspecified atom stereocenters. The number of carbonyl (C=O) groups excluding carboxylic acids is 1. The molecule has 2 aromatic rings. The highest BCUT2D eigenvalue weighted by Gasteiger charge is 2.09. The van der Waals surface area contributed by atoms with Crippen LogP contribution in [0.15, 0.2) is 27.8 Å². The molecule has 0 atom stereocenters. The molecule has 2 rings (SSSR count). The summed E-state index contributed by atoms with van der Waals surface area (Å²) in [6.07, 6.45) is 1.73. The fraction of sp³-hybridized carbons (Fsp3) is 0.438. The zero-order valence-corrected chi connectivity index (χ0v) is 13.1. The van der Waals surface area contributed by atoms with Crippen LogP contribution in [0.3, 0.4) is 0 Å². The number of nitrogens with zero attached hydrogens (tertiary/aromatic N) is 1. The molecule has 6 nitrogen and oxygen atoms in total. The Balaban J connectivity index is 2.42. The number of amides is 1. The Morgan fingerprint density at radius 3 is 2.68 bits per heavy atom. The summed E-state index contributed by atoms with van der Waals surface area (Å²) in [7, 11) is 0. The molecule has 6 heteroatoms. The summed E-state index contributed by atoms with van der Waals surface area (Å²) in [5, 5.41) is 3.04. The highest BCUT2D eigenvalue weighted by Crippen LogP contribution is 2.13. The maximum atomic E-state index is 12.5. The minimum absolute atomic E-state index is 0.207. The Hall–Kier alpha value is -2.37. The van der Waals surface area contributed by atoms with Gasteiger partial charge < -0.3 is 10.3 Å². The van der Waals surface area contributed by atoms with E-state index in [1.807, 2.05) is 0 Å². The van der Waals surface area contributed by atoms with E-state index in [0.717, 1.165) is 12.8 Å². The van der Waals surface area contributed by atoms with Gasteiger partial charge in [0.25, 0.3) is 5.56 Å². The zero-order valence-electron chi connectivity index (χ0n) is 13.1. The minimum Gasteiger partial charge on any atom is -0.326 e. The Kier molecular flexibility index (Phi) is 4.80. The molecule has 0 bridgehead atoms. The van der Waals surface area contributed by atoms with Gasteiger partial charge in [0, 0.05) is 19.2 Å². The van der Waals surface area contributed by atoms with Crippen LogP contribution in [0.1, 0.15) is 33.6 Å². The number of hydrogen-bond donors (Lipinski definition) is 2. The molecule has 2 N–H and O–H groups in total. The van der Waals surface area contributed by atoms with Crippen molar-refractivity contribution in [3.8, 4) is 0 Å². The van der Waals surface area contributed by atoms with Crippen LogP contribution in [0.25, 0.3) is 10.9 Å². The second-order valence-electron chi connectivity index (χ2n) is 5.86. The van der Waals surface area contributed by atoms with Gasteiger partial charge in [0.15, 0.2) is 0 Å². The third-order valence-corrected chi connectivity index (χ3v) is 3.47. The highest BCUT2D eigenvalue weighted by atomic mass is 16.2. The van der Waals surface area contributed by atoms with Crippen LogP contribution in [0.5, 0.6) is 0 Å². The van der Waals surface area contributed by atoms with E-state index in [-0.39, 0.29) is 11.5 Å². The van der Waals surface area contributed by atoms with Crippen LogP contribution in [-0.2, 0) is 11.3 Å². The zero-order chi connectivity index (χ0) is 16.3. The molecule has 22 heavy (non-hydrogen) atoms. The van der Waals surface area contributed by atoms with E-state index < -0.39 is 5.69 Å². The van der Waals surface area contributed by atoms with Crippen molar-refractivity contribution in [3.05, 3.63) is 39.0 Å². The molecule has 0 spiro atoms. The van der Waals surface area contributed by atoms with Crippen molar-refractivity contribution in [2.24, 2.45) is 5.92 Å². The van der Waals surface area contributed by atoms with Crippen molar-refractivity contribution < 1.29 is 4.79 Å². The standard InChI is InChI=1S/C16H21N3O3/c1-10(2)5-4-8-19-15(21)13-9-12(17-11(3)20)6-7-14(13)18-16(19)22/h6-7,9-10H,4-5,8H2,1-3H3,(H,17,20)(H,18,22). The Morgan fingerprint density at radius 1 is 1.32 bits per heavy atom. The largest absolute Gasteiger partial charge is 0.328 e. The SMILES string of the molecule is CC(=O)Nc1ccc2[nH]c(=O)n(CCCC(C)C)c(=O)c2c1. The van der Waals surface area contributed by atoms with Gasteiger partial charge in [-0.05, 0) is 37.0 Å². The molecule has 0 aliphatic rings. The maximum absolute atomic E-state index is 12.5. The van der Waals surface area contributed by atoms with Crippen molar-refractivity contribution in [1.82, 2.24) is 9.55 Å². The van der Waals surface area contributed by atoms with Gasteiger partial charge in [-0.2, -0.15) is 0 Å². The Labute approximate surface area is 128 Å². The van der Waals surface area contributed by atoms with Crippen molar-refractivity contribution >= 4 is 22.5 Å². The Morgan fingerprint density at radius 2 is 2.05 bits per heavy atom. The second-order valence-corrected chi connectivity index (χ2v) is 5.86. The molecule has 0 aliphatic carbocycles. The summed E-state index contributed by atoms with van der Waals surface area (Å²) in [5.41, 5.74) is 0.297. The van der Waals surface area contributed by atoms with Crippen molar-refractivity contribution in [2.45, 2.75) is 40.2 Å². The van der Waals surface area contributed by atoms with E-state index in [1.165, 1.54) is 11.5 Å². The van der Waals surface area contributed by atoms with E-state index >= 15 is 0 Å². The van der Waals surface area contributed by atoms with Gasteiger partial charge in [-0.25, -0.2) is 4.79 Å². The third kappa shape index (κ3) is 3.63. The first-order chi connectivity index (χ1) is 10.4. The Bertz CT molecular complexity index is 802. The van der Waals surface area contributed by atoms with Crippen LogP contribution in [0.2, 0.25) is 0 Å². The molecule has 1 amide bonds. The van der Waals surface area contributed by atoms with Crippen LogP contribution in [0, 0.1) is 5.92 Å². The second kappa shape index (κ2) is 6.60. The van der Waals surface area contributed by atoms with Crippen molar-refractivity contribution in [1.29, 1.82) is 0 Å². The number of rotatable bonds is 5. The lowest BCUT2D eigenvalue weighted by Gasteiger charge is -2.09. The minimum atomic E-state index is -0.395. The van der Waals surface area contributed by atoms with E-state index in [1.54, 1.807) is 18.2 Å². The fourth-order valence-corrected chi connectivity index (χ4v) is 2.39. The number of benzene rings is 1. The van der Waals surface area contributed by atoms with Gasteiger partial charge >= 0.3 is 5.69 Å². The summed E-state index contributed by atoms with van der Waals surface area (Å²) < 4.78 is 1.22. The number of aromatic nitrogens is 2. The number of anilines is 1. The molecular formula is C16H21N3O3. The average molecular weight is 303 g/mol. The molecule has 118 valence electrons. The third-order valence-electron chi connectivity index (χ3n) is 3.47. The van der Waals surface area contributed by atoms with E-state index in [4.69, 9.17) is 0 Å². The first-order valence-electron chi connectivity index (χ1n) is 7.43. The number of aromatic amines is 1. The molecule has 0 radical (unpaired) electrons. The van der Waals surface area contributed by atoms with Gasteiger partial charge in [0.05, 0.1) is 10.9 Å². The molecule has 0 fully saturated rings. The number of H-pyrrole nitrogens is 1. The van der Waals surface area contributed by atoms with Crippen LogP contribution < -0.4 is 16.6 Å². The molecule has 0 saturated carbocycles. The topological polar surface area (TPSA) is 84.0 Å². The normalized spacial score (nSPS) is 11.1. The first kappa shape index (κ1) is 16.0. The number of fused-ring (bicyclic) bond motifs is 1. The quantitative estimate of drug-likeness (QED) is 0.887. The lowest BCUT2D eigenvalue weighted by Crippen LogP contribution is -2.35. The maximum Gasteiger partial charge on any atom is 0.328 e.